The van der Waals surface area contributed by atoms with Crippen molar-refractivity contribution in [2.75, 3.05) is 7.05 Å². The van der Waals surface area contributed by atoms with Crippen molar-refractivity contribution in [1.29, 1.82) is 0 Å². The Morgan fingerprint density at radius 3 is 2.12 bits per heavy atom. The fraction of sp³-hybridized carbons (Fsp3) is 0.150. The van der Waals surface area contributed by atoms with E-state index < -0.39 is 5.97 Å². The molecule has 0 N–H and O–H groups in total. The number of rotatable bonds is 5. The summed E-state index contributed by atoms with van der Waals surface area (Å²) < 4.78 is 6.04. The second kappa shape index (κ2) is 7.04. The molecule has 122 valence electrons. The van der Waals surface area contributed by atoms with Crippen molar-refractivity contribution in [1.82, 2.24) is 4.90 Å². The number of hydrogen-bond acceptors (Lipinski definition) is 4. The van der Waals surface area contributed by atoms with E-state index in [0.717, 1.165) is 28.2 Å². The molecule has 0 saturated heterocycles. The van der Waals surface area contributed by atoms with Crippen molar-refractivity contribution in [3.63, 3.8) is 0 Å². The third-order valence-corrected chi connectivity index (χ3v) is 3.78. The third kappa shape index (κ3) is 3.84. The number of carbonyl (C=O) groups excluding carboxylic acids is 1. The molecule has 2 aromatic carbocycles. The van der Waals surface area contributed by atoms with Gasteiger partial charge in [0.15, 0.2) is 11.5 Å². The van der Waals surface area contributed by atoms with Crippen LogP contribution >= 0.6 is 0 Å². The van der Waals surface area contributed by atoms with Crippen molar-refractivity contribution < 1.29 is 14.6 Å². The molecular weight excluding hydrogens is 302 g/mol. The number of carboxylic acids is 1. The zero-order valence-electron chi connectivity index (χ0n) is 13.4. The van der Waals surface area contributed by atoms with Crippen molar-refractivity contribution in [2.24, 2.45) is 0 Å². The van der Waals surface area contributed by atoms with E-state index in [9.17, 15) is 9.90 Å². The van der Waals surface area contributed by atoms with E-state index >= 15 is 0 Å². The molecule has 0 aliphatic carbocycles. The first-order chi connectivity index (χ1) is 11.6. The highest BCUT2D eigenvalue weighted by Gasteiger charge is 2.14. The van der Waals surface area contributed by atoms with Crippen LogP contribution in [0.1, 0.15) is 23.1 Å². The molecule has 0 aromatic heterocycles. The van der Waals surface area contributed by atoms with Crippen LogP contribution in [0.15, 0.2) is 67.0 Å². The molecule has 0 spiro atoms. The number of hydrogen-bond donors (Lipinski definition) is 0. The number of benzene rings is 2. The maximum atomic E-state index is 10.5. The summed E-state index contributed by atoms with van der Waals surface area (Å²) >= 11 is 0. The lowest BCUT2D eigenvalue weighted by molar-refractivity contribution is -0.305. The summed E-state index contributed by atoms with van der Waals surface area (Å²) in [6.07, 6.45) is 4.36. The summed E-state index contributed by atoms with van der Waals surface area (Å²) in [4.78, 5) is 12.5. The maximum Gasteiger partial charge on any atom is 0.150 e. The normalized spacial score (nSPS) is 13.8. The molecule has 4 heteroatoms. The molecule has 0 bridgehead atoms. The SMILES string of the molecule is CN1C=C(c2ccccc2)OC(c2ccc(CCC(=O)[O-])cc2)=C1. The molecule has 4 nitrogen and oxygen atoms in total. The fourth-order valence-electron chi connectivity index (χ4n) is 2.53. The van der Waals surface area contributed by atoms with E-state index in [1.165, 1.54) is 0 Å². The van der Waals surface area contributed by atoms with E-state index in [1.807, 2.05) is 78.9 Å². The smallest absolute Gasteiger partial charge is 0.150 e. The van der Waals surface area contributed by atoms with E-state index in [4.69, 9.17) is 4.74 Å². The number of nitrogens with zero attached hydrogens (tertiary/aromatic N) is 1. The zero-order chi connectivity index (χ0) is 16.9. The minimum atomic E-state index is -1.03. The maximum absolute atomic E-state index is 10.5. The summed E-state index contributed by atoms with van der Waals surface area (Å²) in [6.45, 7) is 0. The van der Waals surface area contributed by atoms with Crippen LogP contribution in [0.3, 0.4) is 0 Å². The van der Waals surface area contributed by atoms with Gasteiger partial charge in [0.25, 0.3) is 0 Å². The lowest BCUT2D eigenvalue weighted by Gasteiger charge is -2.23. The van der Waals surface area contributed by atoms with Gasteiger partial charge >= 0.3 is 0 Å². The van der Waals surface area contributed by atoms with Crippen LogP contribution in [0, 0.1) is 0 Å². The Labute approximate surface area is 141 Å². The van der Waals surface area contributed by atoms with Crippen molar-refractivity contribution >= 4 is 17.5 Å². The average molecular weight is 320 g/mol. The van der Waals surface area contributed by atoms with Gasteiger partial charge < -0.3 is 19.5 Å². The van der Waals surface area contributed by atoms with E-state index in [0.29, 0.717) is 6.42 Å². The van der Waals surface area contributed by atoms with Gasteiger partial charge in [-0.15, -0.1) is 0 Å². The van der Waals surface area contributed by atoms with Crippen LogP contribution in [-0.2, 0) is 16.0 Å². The van der Waals surface area contributed by atoms with Crippen LogP contribution in [0.25, 0.3) is 11.5 Å². The minimum absolute atomic E-state index is 0.0299. The Morgan fingerprint density at radius 1 is 0.958 bits per heavy atom. The van der Waals surface area contributed by atoms with Gasteiger partial charge in [-0.05, 0) is 18.4 Å². The Kier molecular flexibility index (Phi) is 4.66. The number of carbonyl (C=O) groups is 1. The molecule has 24 heavy (non-hydrogen) atoms. The van der Waals surface area contributed by atoms with E-state index in [-0.39, 0.29) is 6.42 Å². The Hall–Kier alpha value is -3.01. The Balaban J connectivity index is 1.76. The van der Waals surface area contributed by atoms with Gasteiger partial charge in [0.2, 0.25) is 0 Å². The molecule has 2 aromatic rings. The predicted molar refractivity (Wildman–Crippen MR) is 91.0 cm³/mol. The van der Waals surface area contributed by atoms with Gasteiger partial charge in [0, 0.05) is 36.5 Å². The van der Waals surface area contributed by atoms with Gasteiger partial charge in [-0.1, -0.05) is 54.6 Å². The molecule has 0 radical (unpaired) electrons. The molecule has 0 fully saturated rings. The van der Waals surface area contributed by atoms with Crippen LogP contribution < -0.4 is 5.11 Å². The first-order valence-electron chi connectivity index (χ1n) is 7.80. The van der Waals surface area contributed by atoms with Crippen LogP contribution in [0.5, 0.6) is 0 Å². The third-order valence-electron chi connectivity index (χ3n) is 3.78. The molecule has 0 amide bonds. The van der Waals surface area contributed by atoms with Gasteiger partial charge in [-0.2, -0.15) is 0 Å². The molecule has 1 aliphatic rings. The summed E-state index contributed by atoms with van der Waals surface area (Å²) in [5.74, 6) is 0.513. The first kappa shape index (κ1) is 15.9. The minimum Gasteiger partial charge on any atom is -0.550 e. The van der Waals surface area contributed by atoms with Gasteiger partial charge in [0.05, 0.1) is 0 Å². The summed E-state index contributed by atoms with van der Waals surface area (Å²) in [6, 6.07) is 17.7. The standard InChI is InChI=1S/C20H19NO3/c1-21-13-18(16-5-3-2-4-6-16)24-19(14-21)17-10-7-15(8-11-17)9-12-20(22)23/h2-8,10-11,13-14H,9,12H2,1H3,(H,22,23)/p-1. The van der Waals surface area contributed by atoms with Gasteiger partial charge in [-0.25, -0.2) is 0 Å². The van der Waals surface area contributed by atoms with Crippen LogP contribution in [-0.4, -0.2) is 17.9 Å². The van der Waals surface area contributed by atoms with Crippen molar-refractivity contribution in [3.05, 3.63) is 83.7 Å². The largest absolute Gasteiger partial charge is 0.550 e. The Morgan fingerprint density at radius 2 is 1.54 bits per heavy atom. The average Bonchev–Trinajstić information content (AvgIpc) is 2.60. The second-order valence-electron chi connectivity index (χ2n) is 5.69. The van der Waals surface area contributed by atoms with Crippen LogP contribution in [0.2, 0.25) is 0 Å². The van der Waals surface area contributed by atoms with E-state index in [1.54, 1.807) is 0 Å². The van der Waals surface area contributed by atoms with E-state index in [2.05, 4.69) is 0 Å². The highest BCUT2D eigenvalue weighted by atomic mass is 16.5. The second-order valence-corrected chi connectivity index (χ2v) is 5.69. The quantitative estimate of drug-likeness (QED) is 0.850. The summed E-state index contributed by atoms with van der Waals surface area (Å²) in [7, 11) is 1.96. The molecule has 0 saturated carbocycles. The number of ether oxygens (including phenoxy) is 1. The summed E-state index contributed by atoms with van der Waals surface area (Å²) in [5.41, 5.74) is 2.92. The lowest BCUT2D eigenvalue weighted by Crippen LogP contribution is -2.22. The molecule has 0 atom stereocenters. The number of carboxylic acid groups (broad SMARTS) is 1. The van der Waals surface area contributed by atoms with Gasteiger partial charge in [-0.3, -0.25) is 0 Å². The van der Waals surface area contributed by atoms with Crippen molar-refractivity contribution in [3.8, 4) is 0 Å². The first-order valence-corrected chi connectivity index (χ1v) is 7.80. The van der Waals surface area contributed by atoms with Crippen molar-refractivity contribution in [2.45, 2.75) is 12.8 Å². The number of aliphatic carboxylic acids is 1. The highest BCUT2D eigenvalue weighted by Crippen LogP contribution is 2.29. The topological polar surface area (TPSA) is 52.6 Å². The molecule has 3 rings (SSSR count). The molecule has 1 heterocycles. The lowest BCUT2D eigenvalue weighted by atomic mass is 10.1. The zero-order valence-corrected chi connectivity index (χ0v) is 13.4. The monoisotopic (exact) mass is 320 g/mol. The number of aryl methyl sites for hydroxylation is 1. The highest BCUT2D eigenvalue weighted by molar-refractivity contribution is 5.72. The molecular formula is C20H18NO3-. The fourth-order valence-corrected chi connectivity index (χ4v) is 2.53. The Bertz CT molecular complexity index is 776. The molecule has 0 unspecified atom stereocenters. The molecule has 1 aliphatic heterocycles. The summed E-state index contributed by atoms with van der Waals surface area (Å²) in [5, 5.41) is 10.5. The van der Waals surface area contributed by atoms with Crippen LogP contribution in [0.4, 0.5) is 0 Å². The predicted octanol–water partition coefficient (Wildman–Crippen LogP) is 2.63. The van der Waals surface area contributed by atoms with Gasteiger partial charge in [0.1, 0.15) is 0 Å².